The van der Waals surface area contributed by atoms with Crippen molar-refractivity contribution in [3.8, 4) is 5.75 Å². The maximum absolute atomic E-state index is 11.5. The van der Waals surface area contributed by atoms with Crippen LogP contribution in [-0.2, 0) is 11.3 Å². The number of hydrogen-bond acceptors (Lipinski definition) is 6. The Kier molecular flexibility index (Phi) is 6.20. The Morgan fingerprint density at radius 3 is 2.73 bits per heavy atom. The minimum atomic E-state index is -0.468. The molecule has 22 heavy (non-hydrogen) atoms. The monoisotopic (exact) mass is 319 g/mol. The zero-order valence-corrected chi connectivity index (χ0v) is 12.9. The van der Waals surface area contributed by atoms with Crippen LogP contribution in [0.25, 0.3) is 0 Å². The summed E-state index contributed by atoms with van der Waals surface area (Å²) in [6, 6.07) is 11.3. The molecule has 0 aliphatic carbocycles. The Labute approximate surface area is 133 Å². The van der Waals surface area contributed by atoms with Crippen molar-refractivity contribution in [3.05, 3.63) is 54.4 Å². The third-order valence-corrected chi connectivity index (χ3v) is 3.82. The molecule has 2 N–H and O–H groups in total. The molecule has 0 saturated heterocycles. The van der Waals surface area contributed by atoms with Crippen LogP contribution < -0.4 is 10.2 Å². The molecule has 0 aliphatic heterocycles. The highest BCUT2D eigenvalue weighted by molar-refractivity contribution is 7.97. The average Bonchev–Trinajstić information content (AvgIpc) is 2.56. The second kappa shape index (κ2) is 8.38. The van der Waals surface area contributed by atoms with Crippen molar-refractivity contribution in [2.24, 2.45) is 0 Å². The molecule has 0 bridgehead atoms. The molecule has 1 heterocycles. The van der Waals surface area contributed by atoms with Crippen LogP contribution in [0.3, 0.4) is 0 Å². The number of nitrogens with zero attached hydrogens (tertiary/aromatic N) is 2. The van der Waals surface area contributed by atoms with E-state index in [1.165, 1.54) is 11.9 Å². The van der Waals surface area contributed by atoms with Crippen molar-refractivity contribution in [1.29, 1.82) is 0 Å². The number of amides is 1. The summed E-state index contributed by atoms with van der Waals surface area (Å²) in [6.07, 6.45) is 3.45. The van der Waals surface area contributed by atoms with Gasteiger partial charge in [0.2, 0.25) is 0 Å². The Bertz CT molecular complexity index is 593. The summed E-state index contributed by atoms with van der Waals surface area (Å²) in [7, 11) is 1.61. The van der Waals surface area contributed by atoms with E-state index in [0.717, 1.165) is 16.2 Å². The van der Waals surface area contributed by atoms with Crippen LogP contribution in [0.5, 0.6) is 5.75 Å². The van der Waals surface area contributed by atoms with Gasteiger partial charge in [-0.1, -0.05) is 6.07 Å². The van der Waals surface area contributed by atoms with Crippen molar-refractivity contribution in [2.45, 2.75) is 11.4 Å². The van der Waals surface area contributed by atoms with Crippen LogP contribution in [0.4, 0.5) is 0 Å². The number of ether oxygens (including phenoxy) is 1. The molecule has 6 nitrogen and oxygen atoms in total. The lowest BCUT2D eigenvalue weighted by Crippen LogP contribution is -2.31. The van der Waals surface area contributed by atoms with E-state index in [-0.39, 0.29) is 6.54 Å². The minimum Gasteiger partial charge on any atom is -0.497 e. The molecule has 1 aromatic carbocycles. The minimum absolute atomic E-state index is 0.0576. The van der Waals surface area contributed by atoms with Gasteiger partial charge in [-0.15, -0.1) is 0 Å². The summed E-state index contributed by atoms with van der Waals surface area (Å²) in [6.45, 7) is 0.583. The van der Waals surface area contributed by atoms with Crippen molar-refractivity contribution < 1.29 is 14.7 Å². The predicted octanol–water partition coefficient (Wildman–Crippen LogP) is 2.10. The number of methoxy groups -OCH3 is 1. The number of hydroxylamine groups is 1. The van der Waals surface area contributed by atoms with Crippen molar-refractivity contribution >= 4 is 17.9 Å². The summed E-state index contributed by atoms with van der Waals surface area (Å²) in [5, 5.41) is 8.72. The zero-order valence-electron chi connectivity index (χ0n) is 12.1. The van der Waals surface area contributed by atoms with E-state index in [9.17, 15) is 4.79 Å². The first-order chi connectivity index (χ1) is 10.7. The number of pyridine rings is 1. The van der Waals surface area contributed by atoms with E-state index in [1.807, 2.05) is 40.7 Å². The molecule has 1 aromatic heterocycles. The summed E-state index contributed by atoms with van der Waals surface area (Å²) in [4.78, 5) is 16.5. The smallest absolute Gasteiger partial charge is 0.258 e. The van der Waals surface area contributed by atoms with Crippen LogP contribution in [-0.4, -0.2) is 34.1 Å². The van der Waals surface area contributed by atoms with E-state index in [1.54, 1.807) is 25.0 Å². The molecule has 0 saturated carbocycles. The van der Waals surface area contributed by atoms with E-state index < -0.39 is 5.91 Å². The van der Waals surface area contributed by atoms with Crippen molar-refractivity contribution in [3.63, 3.8) is 0 Å². The highest BCUT2D eigenvalue weighted by Crippen LogP contribution is 2.26. The molecular weight excluding hydrogens is 302 g/mol. The molecule has 0 fully saturated rings. The fourth-order valence-electron chi connectivity index (χ4n) is 1.80. The maximum Gasteiger partial charge on any atom is 0.258 e. The quantitative estimate of drug-likeness (QED) is 0.462. The lowest BCUT2D eigenvalue weighted by atomic mass is 10.3. The van der Waals surface area contributed by atoms with E-state index in [0.29, 0.717) is 6.54 Å². The van der Waals surface area contributed by atoms with Crippen LogP contribution in [0.15, 0.2) is 53.7 Å². The average molecular weight is 319 g/mol. The summed E-state index contributed by atoms with van der Waals surface area (Å²) in [5.41, 5.74) is 2.64. The molecular formula is C15H17N3O3S. The van der Waals surface area contributed by atoms with E-state index in [2.05, 4.69) is 4.98 Å². The molecule has 0 aliphatic rings. The Hall–Kier alpha value is -2.09. The summed E-state index contributed by atoms with van der Waals surface area (Å²) >= 11 is 1.42. The van der Waals surface area contributed by atoms with Gasteiger partial charge in [-0.25, -0.2) is 9.79 Å². The number of nitrogens with one attached hydrogen (secondary N) is 1. The highest BCUT2D eigenvalue weighted by atomic mass is 32.2. The highest BCUT2D eigenvalue weighted by Gasteiger charge is 2.13. The number of carbonyl (C=O) groups is 1. The lowest BCUT2D eigenvalue weighted by molar-refractivity contribution is -0.129. The number of benzene rings is 1. The number of hydrogen-bond donors (Lipinski definition) is 2. The van der Waals surface area contributed by atoms with Gasteiger partial charge in [0.15, 0.2) is 0 Å². The first-order valence-corrected chi connectivity index (χ1v) is 7.37. The SMILES string of the molecule is COc1ccc(SN(CC(=O)NO)Cc2cccnc2)cc1. The number of carbonyl (C=O) groups excluding carboxylic acids is 1. The fraction of sp³-hybridized carbons (Fsp3) is 0.200. The zero-order chi connectivity index (χ0) is 15.8. The first-order valence-electron chi connectivity index (χ1n) is 6.60. The number of aromatic nitrogens is 1. The van der Waals surface area contributed by atoms with Gasteiger partial charge < -0.3 is 4.74 Å². The summed E-state index contributed by atoms with van der Waals surface area (Å²) in [5.74, 6) is 0.307. The first kappa shape index (κ1) is 16.3. The number of rotatable bonds is 7. The molecule has 2 rings (SSSR count). The van der Waals surface area contributed by atoms with Gasteiger partial charge in [-0.2, -0.15) is 0 Å². The van der Waals surface area contributed by atoms with Gasteiger partial charge in [0.05, 0.1) is 13.7 Å². The van der Waals surface area contributed by atoms with Gasteiger partial charge in [-0.05, 0) is 47.8 Å². The van der Waals surface area contributed by atoms with Gasteiger partial charge in [0.25, 0.3) is 5.91 Å². The van der Waals surface area contributed by atoms with Gasteiger partial charge in [0.1, 0.15) is 5.75 Å². The largest absolute Gasteiger partial charge is 0.497 e. The fourth-order valence-corrected chi connectivity index (χ4v) is 2.75. The van der Waals surface area contributed by atoms with Gasteiger partial charge in [0, 0.05) is 23.8 Å². The van der Waals surface area contributed by atoms with Crippen LogP contribution in [0.1, 0.15) is 5.56 Å². The summed E-state index contributed by atoms with van der Waals surface area (Å²) < 4.78 is 6.96. The van der Waals surface area contributed by atoms with E-state index in [4.69, 9.17) is 9.94 Å². The lowest BCUT2D eigenvalue weighted by Gasteiger charge is -2.20. The van der Waals surface area contributed by atoms with Crippen molar-refractivity contribution in [2.75, 3.05) is 13.7 Å². The molecule has 116 valence electrons. The predicted molar refractivity (Wildman–Crippen MR) is 83.4 cm³/mol. The molecule has 0 unspecified atom stereocenters. The maximum atomic E-state index is 11.5. The van der Waals surface area contributed by atoms with Crippen LogP contribution in [0, 0.1) is 0 Å². The molecule has 2 aromatic rings. The second-order valence-corrected chi connectivity index (χ2v) is 5.63. The molecule has 0 atom stereocenters. The standard InChI is InChI=1S/C15H17N3O3S/c1-21-13-4-6-14(7-5-13)22-18(11-15(19)17-20)10-12-3-2-8-16-9-12/h2-9,20H,10-11H2,1H3,(H,17,19). The van der Waals surface area contributed by atoms with Crippen molar-refractivity contribution in [1.82, 2.24) is 14.8 Å². The second-order valence-electron chi connectivity index (χ2n) is 4.46. The Morgan fingerprint density at radius 1 is 1.36 bits per heavy atom. The molecule has 1 amide bonds. The normalized spacial score (nSPS) is 10.5. The van der Waals surface area contributed by atoms with E-state index >= 15 is 0 Å². The van der Waals surface area contributed by atoms with Gasteiger partial charge >= 0.3 is 0 Å². The molecule has 7 heteroatoms. The van der Waals surface area contributed by atoms with Gasteiger partial charge in [-0.3, -0.25) is 15.0 Å². The van der Waals surface area contributed by atoms with Crippen LogP contribution in [0.2, 0.25) is 0 Å². The van der Waals surface area contributed by atoms with Crippen LogP contribution >= 0.6 is 11.9 Å². The topological polar surface area (TPSA) is 74.7 Å². The Morgan fingerprint density at radius 2 is 2.14 bits per heavy atom. The third kappa shape index (κ3) is 5.03. The third-order valence-electron chi connectivity index (χ3n) is 2.82. The molecule has 0 spiro atoms. The Balaban J connectivity index is 2.07. The molecule has 0 radical (unpaired) electrons.